The van der Waals surface area contributed by atoms with Crippen molar-refractivity contribution < 1.29 is 9.53 Å². The molecule has 0 spiro atoms. The van der Waals surface area contributed by atoms with E-state index in [2.05, 4.69) is 27.9 Å². The van der Waals surface area contributed by atoms with Crippen molar-refractivity contribution >= 4 is 34.2 Å². The first-order valence-electron chi connectivity index (χ1n) is 5.37. The fraction of sp³-hybridized carbons (Fsp3) is 0.417. The number of para-hydroxylation sites is 1. The fourth-order valence-electron chi connectivity index (χ4n) is 1.77. The quantitative estimate of drug-likeness (QED) is 0.847. The van der Waals surface area contributed by atoms with E-state index in [9.17, 15) is 4.79 Å². The summed E-state index contributed by atoms with van der Waals surface area (Å²) in [5, 5.41) is 2.90. The van der Waals surface area contributed by atoms with Crippen LogP contribution >= 0.6 is 22.6 Å². The van der Waals surface area contributed by atoms with E-state index in [1.54, 1.807) is 0 Å². The molecule has 2 unspecified atom stereocenters. The Hall–Kier alpha value is -0.620. The fourth-order valence-corrected chi connectivity index (χ4v) is 2.29. The van der Waals surface area contributed by atoms with Crippen LogP contribution in [0.25, 0.3) is 0 Å². The number of hydrogen-bond donors (Lipinski definition) is 1. The monoisotopic (exact) mass is 331 g/mol. The van der Waals surface area contributed by atoms with Crippen LogP contribution in [0.15, 0.2) is 24.3 Å². The maximum Gasteiger partial charge on any atom is 0.253 e. The van der Waals surface area contributed by atoms with Gasteiger partial charge in [0.25, 0.3) is 5.91 Å². The number of hydrogen-bond acceptors (Lipinski definition) is 2. The van der Waals surface area contributed by atoms with Gasteiger partial charge in [0.2, 0.25) is 0 Å². The van der Waals surface area contributed by atoms with E-state index in [1.165, 1.54) is 0 Å². The lowest BCUT2D eigenvalue weighted by Gasteiger charge is -2.12. The van der Waals surface area contributed by atoms with Crippen LogP contribution in [-0.4, -0.2) is 18.1 Å². The number of halogens is 1. The first-order chi connectivity index (χ1) is 7.66. The second-order valence-corrected chi connectivity index (χ2v) is 5.14. The van der Waals surface area contributed by atoms with Crippen molar-refractivity contribution in [3.8, 4) is 0 Å². The van der Waals surface area contributed by atoms with Crippen LogP contribution in [0.3, 0.4) is 0 Å². The first kappa shape index (κ1) is 11.9. The Morgan fingerprint density at radius 3 is 2.81 bits per heavy atom. The molecular formula is C12H14INO2. The average Bonchev–Trinajstić information content (AvgIpc) is 2.68. The number of anilines is 1. The molecule has 16 heavy (non-hydrogen) atoms. The van der Waals surface area contributed by atoms with E-state index in [-0.39, 0.29) is 18.1 Å². The van der Waals surface area contributed by atoms with Gasteiger partial charge >= 0.3 is 0 Å². The molecule has 1 aliphatic heterocycles. The van der Waals surface area contributed by atoms with Gasteiger partial charge in [-0.1, -0.05) is 12.1 Å². The lowest BCUT2D eigenvalue weighted by atomic mass is 10.2. The van der Waals surface area contributed by atoms with E-state index in [0.29, 0.717) is 0 Å². The normalized spacial score (nSPS) is 24.4. The zero-order valence-corrected chi connectivity index (χ0v) is 11.2. The maximum atomic E-state index is 11.9. The third kappa shape index (κ3) is 2.74. The highest BCUT2D eigenvalue weighted by Gasteiger charge is 2.28. The van der Waals surface area contributed by atoms with Gasteiger partial charge in [-0.05, 0) is 54.5 Å². The van der Waals surface area contributed by atoms with Crippen molar-refractivity contribution in [1.29, 1.82) is 0 Å². The molecule has 1 aliphatic rings. The summed E-state index contributed by atoms with van der Waals surface area (Å²) in [5.41, 5.74) is 0.858. The van der Waals surface area contributed by atoms with Crippen LogP contribution in [0.2, 0.25) is 0 Å². The van der Waals surface area contributed by atoms with Gasteiger partial charge in [-0.3, -0.25) is 4.79 Å². The van der Waals surface area contributed by atoms with Crippen molar-refractivity contribution in [1.82, 2.24) is 0 Å². The number of benzene rings is 1. The predicted molar refractivity (Wildman–Crippen MR) is 71.4 cm³/mol. The Bertz CT molecular complexity index is 394. The molecule has 2 atom stereocenters. The zero-order chi connectivity index (χ0) is 11.5. The maximum absolute atomic E-state index is 11.9. The zero-order valence-electron chi connectivity index (χ0n) is 9.07. The van der Waals surface area contributed by atoms with Crippen LogP contribution in [0, 0.1) is 3.57 Å². The van der Waals surface area contributed by atoms with E-state index < -0.39 is 0 Å². The summed E-state index contributed by atoms with van der Waals surface area (Å²) in [7, 11) is 0. The van der Waals surface area contributed by atoms with Crippen LogP contribution in [-0.2, 0) is 9.53 Å². The molecule has 2 rings (SSSR count). The standard InChI is InChI=1S/C12H14INO2/c1-8-6-7-11(16-8)12(15)14-10-5-3-2-4-9(10)13/h2-5,8,11H,6-7H2,1H3,(H,14,15). The molecular weight excluding hydrogens is 317 g/mol. The number of carbonyl (C=O) groups excluding carboxylic acids is 1. The van der Waals surface area contributed by atoms with Gasteiger partial charge in [-0.25, -0.2) is 0 Å². The molecule has 86 valence electrons. The largest absolute Gasteiger partial charge is 0.365 e. The number of amides is 1. The number of nitrogens with one attached hydrogen (secondary N) is 1. The van der Waals surface area contributed by atoms with E-state index in [0.717, 1.165) is 22.1 Å². The molecule has 1 fully saturated rings. The Morgan fingerprint density at radius 2 is 2.19 bits per heavy atom. The van der Waals surface area contributed by atoms with E-state index in [1.807, 2.05) is 31.2 Å². The molecule has 4 heteroatoms. The third-order valence-corrected chi connectivity index (χ3v) is 3.60. The number of ether oxygens (including phenoxy) is 1. The Morgan fingerprint density at radius 1 is 1.44 bits per heavy atom. The summed E-state index contributed by atoms with van der Waals surface area (Å²) in [4.78, 5) is 11.9. The lowest BCUT2D eigenvalue weighted by Crippen LogP contribution is -2.28. The highest BCUT2D eigenvalue weighted by Crippen LogP contribution is 2.22. The van der Waals surface area contributed by atoms with Gasteiger partial charge in [0.15, 0.2) is 0 Å². The lowest BCUT2D eigenvalue weighted by molar-refractivity contribution is -0.126. The molecule has 1 aromatic carbocycles. The Labute approximate surface area is 109 Å². The molecule has 1 heterocycles. The minimum absolute atomic E-state index is 0.0338. The second kappa shape index (κ2) is 5.14. The molecule has 0 aromatic heterocycles. The van der Waals surface area contributed by atoms with Gasteiger partial charge in [0.05, 0.1) is 11.8 Å². The van der Waals surface area contributed by atoms with Crippen molar-refractivity contribution in [2.45, 2.75) is 32.0 Å². The Kier molecular flexibility index (Phi) is 3.81. The van der Waals surface area contributed by atoms with Crippen molar-refractivity contribution in [3.05, 3.63) is 27.8 Å². The molecule has 1 amide bonds. The molecule has 0 saturated carbocycles. The molecule has 3 nitrogen and oxygen atoms in total. The first-order valence-corrected chi connectivity index (χ1v) is 6.45. The van der Waals surface area contributed by atoms with Gasteiger partial charge in [0.1, 0.15) is 6.10 Å². The number of rotatable bonds is 2. The van der Waals surface area contributed by atoms with Crippen LogP contribution in [0.5, 0.6) is 0 Å². The second-order valence-electron chi connectivity index (χ2n) is 3.98. The van der Waals surface area contributed by atoms with Gasteiger partial charge < -0.3 is 10.1 Å². The van der Waals surface area contributed by atoms with Gasteiger partial charge in [-0.15, -0.1) is 0 Å². The minimum Gasteiger partial charge on any atom is -0.365 e. The van der Waals surface area contributed by atoms with Crippen molar-refractivity contribution in [2.75, 3.05) is 5.32 Å². The summed E-state index contributed by atoms with van der Waals surface area (Å²) in [6, 6.07) is 7.73. The highest BCUT2D eigenvalue weighted by atomic mass is 127. The van der Waals surface area contributed by atoms with Crippen LogP contribution < -0.4 is 5.32 Å². The molecule has 0 radical (unpaired) electrons. The van der Waals surface area contributed by atoms with Crippen molar-refractivity contribution in [2.24, 2.45) is 0 Å². The predicted octanol–water partition coefficient (Wildman–Crippen LogP) is 2.80. The highest BCUT2D eigenvalue weighted by molar-refractivity contribution is 14.1. The molecule has 1 aromatic rings. The molecule has 0 bridgehead atoms. The smallest absolute Gasteiger partial charge is 0.253 e. The van der Waals surface area contributed by atoms with Gasteiger partial charge in [-0.2, -0.15) is 0 Å². The minimum atomic E-state index is -0.286. The topological polar surface area (TPSA) is 38.3 Å². The van der Waals surface area contributed by atoms with E-state index in [4.69, 9.17) is 4.74 Å². The summed E-state index contributed by atoms with van der Waals surface area (Å²) >= 11 is 2.21. The summed E-state index contributed by atoms with van der Waals surface area (Å²) in [5.74, 6) is -0.0338. The van der Waals surface area contributed by atoms with Crippen LogP contribution in [0.4, 0.5) is 5.69 Å². The van der Waals surface area contributed by atoms with Gasteiger partial charge in [0, 0.05) is 3.57 Å². The summed E-state index contributed by atoms with van der Waals surface area (Å²) in [6.07, 6.45) is 1.69. The number of carbonyl (C=O) groups is 1. The molecule has 1 saturated heterocycles. The third-order valence-electron chi connectivity index (χ3n) is 2.66. The summed E-state index contributed by atoms with van der Waals surface area (Å²) < 4.78 is 6.56. The molecule has 1 N–H and O–H groups in total. The Balaban J connectivity index is 2.00. The average molecular weight is 331 g/mol. The summed E-state index contributed by atoms with van der Waals surface area (Å²) in [6.45, 7) is 2.00. The van der Waals surface area contributed by atoms with Crippen LogP contribution in [0.1, 0.15) is 19.8 Å². The SMILES string of the molecule is CC1CCC(C(=O)Nc2ccccc2I)O1. The van der Waals surface area contributed by atoms with E-state index >= 15 is 0 Å². The molecule has 0 aliphatic carbocycles. The van der Waals surface area contributed by atoms with Crippen molar-refractivity contribution in [3.63, 3.8) is 0 Å².